The number of amides is 1. The molecule has 0 aliphatic carbocycles. The lowest BCUT2D eigenvalue weighted by Gasteiger charge is -2.29. The van der Waals surface area contributed by atoms with Crippen LogP contribution >= 0.6 is 0 Å². The summed E-state index contributed by atoms with van der Waals surface area (Å²) >= 11 is 0. The summed E-state index contributed by atoms with van der Waals surface area (Å²) in [6, 6.07) is 5.03. The van der Waals surface area contributed by atoms with Crippen LogP contribution in [0.3, 0.4) is 0 Å². The normalized spacial score (nSPS) is 17.7. The van der Waals surface area contributed by atoms with Gasteiger partial charge < -0.3 is 14.9 Å². The van der Waals surface area contributed by atoms with E-state index in [1.807, 2.05) is 13.8 Å². The van der Waals surface area contributed by atoms with Gasteiger partial charge in [-0.2, -0.15) is 0 Å². The Morgan fingerprint density at radius 2 is 1.81 bits per heavy atom. The molecule has 5 nitrogen and oxygen atoms in total. The van der Waals surface area contributed by atoms with Crippen LogP contribution in [0.4, 0.5) is 4.39 Å². The van der Waals surface area contributed by atoms with Crippen molar-refractivity contribution in [3.8, 4) is 0 Å². The highest BCUT2D eigenvalue weighted by Gasteiger charge is 2.43. The van der Waals surface area contributed by atoms with Gasteiger partial charge in [-0.25, -0.2) is 4.39 Å². The molecular weight excluding hydrogens is 335 g/mol. The summed E-state index contributed by atoms with van der Waals surface area (Å²) < 4.78 is 13.3. The standard InChI is InChI=1S/C20H27FN2O3/c1-5-22(6-2)11-12-23-17(14-7-9-15(21)10-8-14)16(18(24)13(3)4)19(25)20(23)26/h7-10,13,17,25H,5-6,11-12H2,1-4H3. The maximum absolute atomic E-state index is 13.3. The number of likely N-dealkylation sites (N-methyl/N-ethyl adjacent to an activating group) is 1. The summed E-state index contributed by atoms with van der Waals surface area (Å²) in [5.74, 6) is -2.05. The molecule has 0 spiro atoms. The lowest BCUT2D eigenvalue weighted by atomic mass is 9.91. The van der Waals surface area contributed by atoms with Gasteiger partial charge in [0.2, 0.25) is 0 Å². The number of halogens is 1. The summed E-state index contributed by atoms with van der Waals surface area (Å²) in [7, 11) is 0. The van der Waals surface area contributed by atoms with Crippen LogP contribution in [-0.2, 0) is 9.59 Å². The molecule has 6 heteroatoms. The number of benzene rings is 1. The number of hydrogen-bond acceptors (Lipinski definition) is 4. The predicted molar refractivity (Wildman–Crippen MR) is 98.1 cm³/mol. The Bertz CT molecular complexity index is 694. The van der Waals surface area contributed by atoms with E-state index in [2.05, 4.69) is 4.90 Å². The van der Waals surface area contributed by atoms with Gasteiger partial charge in [-0.1, -0.05) is 39.8 Å². The van der Waals surface area contributed by atoms with Crippen LogP contribution in [-0.4, -0.2) is 52.8 Å². The van der Waals surface area contributed by atoms with Crippen molar-refractivity contribution in [2.24, 2.45) is 5.92 Å². The highest BCUT2D eigenvalue weighted by atomic mass is 19.1. The van der Waals surface area contributed by atoms with Crippen LogP contribution in [0.5, 0.6) is 0 Å². The van der Waals surface area contributed by atoms with Gasteiger partial charge in [0, 0.05) is 19.0 Å². The molecule has 0 fully saturated rings. The first kappa shape index (κ1) is 20.1. The molecule has 0 bridgehead atoms. The van der Waals surface area contributed by atoms with Gasteiger partial charge in [-0.3, -0.25) is 9.59 Å². The SMILES string of the molecule is CCN(CC)CCN1C(=O)C(O)=C(C(=O)C(C)C)C1c1ccc(F)cc1. The maximum Gasteiger partial charge on any atom is 0.290 e. The van der Waals surface area contributed by atoms with Crippen LogP contribution in [0, 0.1) is 11.7 Å². The quantitative estimate of drug-likeness (QED) is 0.772. The second kappa shape index (κ2) is 8.45. The Balaban J connectivity index is 2.42. The largest absolute Gasteiger partial charge is 0.503 e. The van der Waals surface area contributed by atoms with Crippen molar-refractivity contribution in [3.05, 3.63) is 47.0 Å². The number of ketones is 1. The molecule has 26 heavy (non-hydrogen) atoms. The highest BCUT2D eigenvalue weighted by Crippen LogP contribution is 2.38. The van der Waals surface area contributed by atoms with Crippen molar-refractivity contribution in [3.63, 3.8) is 0 Å². The van der Waals surface area contributed by atoms with Crippen LogP contribution < -0.4 is 0 Å². The minimum absolute atomic E-state index is 0.108. The highest BCUT2D eigenvalue weighted by molar-refractivity contribution is 6.09. The van der Waals surface area contributed by atoms with Crippen molar-refractivity contribution in [1.82, 2.24) is 9.80 Å². The third-order valence-corrected chi connectivity index (χ3v) is 4.83. The molecule has 0 radical (unpaired) electrons. The van der Waals surface area contributed by atoms with E-state index >= 15 is 0 Å². The molecule has 1 aliphatic heterocycles. The predicted octanol–water partition coefficient (Wildman–Crippen LogP) is 3.09. The number of carbonyl (C=O) groups excluding carboxylic acids is 2. The summed E-state index contributed by atoms with van der Waals surface area (Å²) in [5.41, 5.74) is 0.725. The van der Waals surface area contributed by atoms with E-state index in [0.717, 1.165) is 13.1 Å². The number of aliphatic hydroxyl groups excluding tert-OH is 1. The van der Waals surface area contributed by atoms with E-state index < -0.39 is 23.5 Å². The second-order valence-electron chi connectivity index (χ2n) is 6.76. The second-order valence-corrected chi connectivity index (χ2v) is 6.76. The molecule has 1 N–H and O–H groups in total. The van der Waals surface area contributed by atoms with E-state index in [-0.39, 0.29) is 17.3 Å². The molecule has 0 saturated heterocycles. The minimum atomic E-state index is -0.687. The monoisotopic (exact) mass is 362 g/mol. The molecule has 1 aromatic carbocycles. The van der Waals surface area contributed by atoms with Gasteiger partial charge in [-0.15, -0.1) is 0 Å². The number of hydrogen-bond donors (Lipinski definition) is 1. The average molecular weight is 362 g/mol. The Hall–Kier alpha value is -2.21. The third-order valence-electron chi connectivity index (χ3n) is 4.83. The topological polar surface area (TPSA) is 60.9 Å². The fraction of sp³-hybridized carbons (Fsp3) is 0.500. The Kier molecular flexibility index (Phi) is 6.53. The number of rotatable bonds is 8. The Morgan fingerprint density at radius 1 is 1.23 bits per heavy atom. The summed E-state index contributed by atoms with van der Waals surface area (Å²) in [6.45, 7) is 10.2. The van der Waals surface area contributed by atoms with Crippen molar-refractivity contribution < 1.29 is 19.1 Å². The van der Waals surface area contributed by atoms with E-state index in [0.29, 0.717) is 18.7 Å². The fourth-order valence-electron chi connectivity index (χ4n) is 3.23. The van der Waals surface area contributed by atoms with Crippen molar-refractivity contribution in [2.45, 2.75) is 33.7 Å². The molecule has 1 heterocycles. The number of carbonyl (C=O) groups is 2. The van der Waals surface area contributed by atoms with Crippen molar-refractivity contribution in [2.75, 3.05) is 26.2 Å². The number of aliphatic hydroxyl groups is 1. The molecule has 0 aromatic heterocycles. The minimum Gasteiger partial charge on any atom is -0.503 e. The molecule has 1 atom stereocenters. The smallest absolute Gasteiger partial charge is 0.290 e. The van der Waals surface area contributed by atoms with E-state index in [9.17, 15) is 19.1 Å². The number of nitrogens with zero attached hydrogens (tertiary/aromatic N) is 2. The lowest BCUT2D eigenvalue weighted by Crippen LogP contribution is -2.38. The Labute approximate surface area is 154 Å². The van der Waals surface area contributed by atoms with Crippen LogP contribution in [0.25, 0.3) is 0 Å². The zero-order valence-corrected chi connectivity index (χ0v) is 15.8. The molecular formula is C20H27FN2O3. The van der Waals surface area contributed by atoms with Crippen LogP contribution in [0.1, 0.15) is 39.3 Å². The zero-order chi connectivity index (χ0) is 19.4. The first-order valence-corrected chi connectivity index (χ1v) is 9.07. The van der Waals surface area contributed by atoms with Gasteiger partial charge in [-0.05, 0) is 30.8 Å². The van der Waals surface area contributed by atoms with Crippen molar-refractivity contribution >= 4 is 11.7 Å². The van der Waals surface area contributed by atoms with E-state index in [1.54, 1.807) is 26.0 Å². The van der Waals surface area contributed by atoms with Gasteiger partial charge in [0.25, 0.3) is 5.91 Å². The van der Waals surface area contributed by atoms with Gasteiger partial charge in [0.05, 0.1) is 11.6 Å². The molecule has 1 aliphatic rings. The molecule has 142 valence electrons. The summed E-state index contributed by atoms with van der Waals surface area (Å²) in [6.07, 6.45) is 0. The number of Topliss-reactive ketones (excluding diaryl/α,β-unsaturated/α-hetero) is 1. The van der Waals surface area contributed by atoms with Gasteiger partial charge in [0.15, 0.2) is 11.5 Å². The van der Waals surface area contributed by atoms with E-state index in [1.165, 1.54) is 17.0 Å². The molecule has 1 unspecified atom stereocenters. The lowest BCUT2D eigenvalue weighted by molar-refractivity contribution is -0.129. The fourth-order valence-corrected chi connectivity index (χ4v) is 3.23. The zero-order valence-electron chi connectivity index (χ0n) is 15.8. The van der Waals surface area contributed by atoms with Crippen LogP contribution in [0.15, 0.2) is 35.6 Å². The van der Waals surface area contributed by atoms with E-state index in [4.69, 9.17) is 0 Å². The van der Waals surface area contributed by atoms with Gasteiger partial charge in [0.1, 0.15) is 5.82 Å². The third kappa shape index (κ3) is 3.96. The first-order valence-electron chi connectivity index (χ1n) is 9.07. The first-order chi connectivity index (χ1) is 12.3. The summed E-state index contributed by atoms with van der Waals surface area (Å²) in [4.78, 5) is 29.0. The van der Waals surface area contributed by atoms with Crippen molar-refractivity contribution in [1.29, 1.82) is 0 Å². The molecule has 1 amide bonds. The summed E-state index contributed by atoms with van der Waals surface area (Å²) in [5, 5.41) is 10.4. The maximum atomic E-state index is 13.3. The Morgan fingerprint density at radius 3 is 2.31 bits per heavy atom. The van der Waals surface area contributed by atoms with Crippen LogP contribution in [0.2, 0.25) is 0 Å². The molecule has 2 rings (SSSR count). The van der Waals surface area contributed by atoms with Gasteiger partial charge >= 0.3 is 0 Å². The molecule has 0 saturated carbocycles. The molecule has 1 aromatic rings. The average Bonchev–Trinajstić information content (AvgIpc) is 2.87.